The molecule has 1 aliphatic heterocycles. The molecule has 1 aromatic carbocycles. The van der Waals surface area contributed by atoms with Crippen LogP contribution in [0.1, 0.15) is 23.3 Å². The topological polar surface area (TPSA) is 49.4 Å². The molecule has 1 aliphatic rings. The lowest BCUT2D eigenvalue weighted by Crippen LogP contribution is -2.44. The van der Waals surface area contributed by atoms with E-state index in [1.807, 2.05) is 6.07 Å². The SMILES string of the molecule is O=S(=O)(Cc1cc(F)ccc1Cl)NC1CCN(Cc2cccs2)CC1. The smallest absolute Gasteiger partial charge is 0.216 e. The van der Waals surface area contributed by atoms with E-state index in [0.29, 0.717) is 0 Å². The highest BCUT2D eigenvalue weighted by molar-refractivity contribution is 7.88. The van der Waals surface area contributed by atoms with Crippen molar-refractivity contribution in [3.63, 3.8) is 0 Å². The minimum absolute atomic E-state index is 0.0862. The van der Waals surface area contributed by atoms with Crippen molar-refractivity contribution in [3.8, 4) is 0 Å². The second-order valence-electron chi connectivity index (χ2n) is 6.24. The zero-order valence-corrected chi connectivity index (χ0v) is 16.0. The van der Waals surface area contributed by atoms with Gasteiger partial charge in [0.2, 0.25) is 10.0 Å². The largest absolute Gasteiger partial charge is 0.298 e. The van der Waals surface area contributed by atoms with Crippen molar-refractivity contribution in [1.29, 1.82) is 0 Å². The Morgan fingerprint density at radius 1 is 1.28 bits per heavy atom. The van der Waals surface area contributed by atoms with Crippen LogP contribution in [0, 0.1) is 5.82 Å². The maximum absolute atomic E-state index is 13.3. The van der Waals surface area contributed by atoms with E-state index in [0.717, 1.165) is 32.5 Å². The van der Waals surface area contributed by atoms with E-state index in [2.05, 4.69) is 21.1 Å². The van der Waals surface area contributed by atoms with Gasteiger partial charge in [0.1, 0.15) is 5.82 Å². The van der Waals surface area contributed by atoms with Gasteiger partial charge < -0.3 is 0 Å². The third-order valence-electron chi connectivity index (χ3n) is 4.25. The highest BCUT2D eigenvalue weighted by Gasteiger charge is 2.24. The summed E-state index contributed by atoms with van der Waals surface area (Å²) in [6, 6.07) is 7.84. The third-order valence-corrected chi connectivity index (χ3v) is 6.86. The zero-order chi connectivity index (χ0) is 17.9. The van der Waals surface area contributed by atoms with Gasteiger partial charge in [-0.25, -0.2) is 17.5 Å². The maximum atomic E-state index is 13.3. The van der Waals surface area contributed by atoms with Crippen molar-refractivity contribution in [2.75, 3.05) is 13.1 Å². The van der Waals surface area contributed by atoms with E-state index < -0.39 is 15.8 Å². The fraction of sp³-hybridized carbons (Fsp3) is 0.412. The first kappa shape index (κ1) is 18.8. The van der Waals surface area contributed by atoms with E-state index in [1.165, 1.54) is 23.1 Å². The monoisotopic (exact) mass is 402 g/mol. The standard InChI is InChI=1S/C17H20ClFN2O2S2/c18-17-4-3-14(19)10-13(17)12-25(22,23)20-15-5-7-21(8-6-15)11-16-2-1-9-24-16/h1-4,9-10,15,20H,5-8,11-12H2. The Balaban J connectivity index is 1.53. The molecule has 0 unspecified atom stereocenters. The van der Waals surface area contributed by atoms with E-state index >= 15 is 0 Å². The lowest BCUT2D eigenvalue weighted by Gasteiger charge is -2.31. The van der Waals surface area contributed by atoms with E-state index in [1.54, 1.807) is 11.3 Å². The van der Waals surface area contributed by atoms with Crippen molar-refractivity contribution < 1.29 is 12.8 Å². The van der Waals surface area contributed by atoms with Gasteiger partial charge in [-0.1, -0.05) is 17.7 Å². The fourth-order valence-corrected chi connectivity index (χ4v) is 5.47. The summed E-state index contributed by atoms with van der Waals surface area (Å²) in [6.07, 6.45) is 1.53. The molecule has 136 valence electrons. The summed E-state index contributed by atoms with van der Waals surface area (Å²) < 4.78 is 40.8. The number of sulfonamides is 1. The molecule has 1 fully saturated rings. The molecule has 3 rings (SSSR count). The highest BCUT2D eigenvalue weighted by Crippen LogP contribution is 2.21. The number of benzene rings is 1. The van der Waals surface area contributed by atoms with Gasteiger partial charge in [-0.3, -0.25) is 4.90 Å². The number of nitrogens with one attached hydrogen (secondary N) is 1. The zero-order valence-electron chi connectivity index (χ0n) is 13.6. The van der Waals surface area contributed by atoms with Crippen LogP contribution in [0.3, 0.4) is 0 Å². The summed E-state index contributed by atoms with van der Waals surface area (Å²) in [5.41, 5.74) is 0.282. The Morgan fingerprint density at radius 3 is 2.72 bits per heavy atom. The van der Waals surface area contributed by atoms with Crippen molar-refractivity contribution in [2.24, 2.45) is 0 Å². The minimum Gasteiger partial charge on any atom is -0.298 e. The van der Waals surface area contributed by atoms with Gasteiger partial charge in [0.05, 0.1) is 5.75 Å². The molecule has 4 nitrogen and oxygen atoms in total. The van der Waals surface area contributed by atoms with Crippen LogP contribution >= 0.6 is 22.9 Å². The molecule has 0 radical (unpaired) electrons. The first-order valence-electron chi connectivity index (χ1n) is 8.10. The molecule has 0 atom stereocenters. The molecule has 0 amide bonds. The molecule has 2 aromatic rings. The molecular weight excluding hydrogens is 383 g/mol. The molecule has 0 bridgehead atoms. The number of nitrogens with zero attached hydrogens (tertiary/aromatic N) is 1. The molecule has 1 aromatic heterocycles. The van der Waals surface area contributed by atoms with Crippen molar-refractivity contribution in [3.05, 3.63) is 57.0 Å². The Morgan fingerprint density at radius 2 is 2.04 bits per heavy atom. The summed E-state index contributed by atoms with van der Waals surface area (Å²) >= 11 is 7.70. The molecule has 0 saturated carbocycles. The maximum Gasteiger partial charge on any atom is 0.216 e. The molecule has 0 spiro atoms. The fourth-order valence-electron chi connectivity index (χ4n) is 2.99. The first-order chi connectivity index (χ1) is 11.9. The molecule has 1 N–H and O–H groups in total. The van der Waals surface area contributed by atoms with Crippen molar-refractivity contribution in [1.82, 2.24) is 9.62 Å². The Labute approximate surface area is 156 Å². The summed E-state index contributed by atoms with van der Waals surface area (Å²) in [5.74, 6) is -0.796. The van der Waals surface area contributed by atoms with Crippen LogP contribution in [0.5, 0.6) is 0 Å². The van der Waals surface area contributed by atoms with E-state index in [-0.39, 0.29) is 22.4 Å². The van der Waals surface area contributed by atoms with Gasteiger partial charge in [0.15, 0.2) is 0 Å². The quantitative estimate of drug-likeness (QED) is 0.802. The Bertz CT molecular complexity index is 804. The number of hydrogen-bond acceptors (Lipinski definition) is 4. The molecular formula is C17H20ClFN2O2S2. The van der Waals surface area contributed by atoms with Crippen molar-refractivity contribution >= 4 is 33.0 Å². The van der Waals surface area contributed by atoms with Crippen LogP contribution < -0.4 is 4.72 Å². The van der Waals surface area contributed by atoms with Crippen molar-refractivity contribution in [2.45, 2.75) is 31.2 Å². The lowest BCUT2D eigenvalue weighted by atomic mass is 10.1. The number of halogens is 2. The predicted molar refractivity (Wildman–Crippen MR) is 99.8 cm³/mol. The van der Waals surface area contributed by atoms with Gasteiger partial charge >= 0.3 is 0 Å². The predicted octanol–water partition coefficient (Wildman–Crippen LogP) is 3.62. The summed E-state index contributed by atoms with van der Waals surface area (Å²) in [5, 5.41) is 2.32. The third kappa shape index (κ3) is 5.49. The Hall–Kier alpha value is -0.990. The number of hydrogen-bond donors (Lipinski definition) is 1. The number of piperidine rings is 1. The average Bonchev–Trinajstić information content (AvgIpc) is 3.05. The number of rotatable bonds is 6. The van der Waals surface area contributed by atoms with Gasteiger partial charge in [-0.05, 0) is 48.1 Å². The molecule has 25 heavy (non-hydrogen) atoms. The van der Waals surface area contributed by atoms with Crippen LogP contribution in [0.2, 0.25) is 5.02 Å². The van der Waals surface area contributed by atoms with Crippen LogP contribution in [0.4, 0.5) is 4.39 Å². The van der Waals surface area contributed by atoms with Gasteiger partial charge in [-0.2, -0.15) is 0 Å². The van der Waals surface area contributed by atoms with Gasteiger partial charge in [0, 0.05) is 35.6 Å². The van der Waals surface area contributed by atoms with Crippen LogP contribution in [-0.2, 0) is 22.3 Å². The number of likely N-dealkylation sites (tertiary alicyclic amines) is 1. The second kappa shape index (κ2) is 8.14. The second-order valence-corrected chi connectivity index (χ2v) is 9.44. The average molecular weight is 403 g/mol. The highest BCUT2D eigenvalue weighted by atomic mass is 35.5. The summed E-state index contributed by atoms with van der Waals surface area (Å²) in [6.45, 7) is 2.62. The van der Waals surface area contributed by atoms with Gasteiger partial charge in [0.25, 0.3) is 0 Å². The Kier molecular flexibility index (Phi) is 6.12. The summed E-state index contributed by atoms with van der Waals surface area (Å²) in [7, 11) is -3.56. The van der Waals surface area contributed by atoms with Gasteiger partial charge in [-0.15, -0.1) is 11.3 Å². The summed E-state index contributed by atoms with van der Waals surface area (Å²) in [4.78, 5) is 3.65. The molecule has 8 heteroatoms. The van der Waals surface area contributed by atoms with Crippen LogP contribution in [-0.4, -0.2) is 32.4 Å². The molecule has 1 saturated heterocycles. The minimum atomic E-state index is -3.56. The lowest BCUT2D eigenvalue weighted by molar-refractivity contribution is 0.201. The van der Waals surface area contributed by atoms with E-state index in [9.17, 15) is 12.8 Å². The molecule has 0 aliphatic carbocycles. The normalized spacial score (nSPS) is 17.0. The van der Waals surface area contributed by atoms with Crippen LogP contribution in [0.15, 0.2) is 35.7 Å². The van der Waals surface area contributed by atoms with Crippen LogP contribution in [0.25, 0.3) is 0 Å². The number of thiophene rings is 1. The molecule has 2 heterocycles. The van der Waals surface area contributed by atoms with E-state index in [4.69, 9.17) is 11.6 Å². The first-order valence-corrected chi connectivity index (χ1v) is 11.0.